The molecule has 7 nitrogen and oxygen atoms in total. The fourth-order valence-electron chi connectivity index (χ4n) is 3.69. The van der Waals surface area contributed by atoms with Crippen LogP contribution in [0.15, 0.2) is 46.3 Å². The van der Waals surface area contributed by atoms with Crippen molar-refractivity contribution in [2.24, 2.45) is 5.92 Å². The Bertz CT molecular complexity index is 1070. The van der Waals surface area contributed by atoms with Crippen LogP contribution in [0, 0.1) is 12.8 Å². The van der Waals surface area contributed by atoms with Crippen LogP contribution in [0.3, 0.4) is 0 Å². The van der Waals surface area contributed by atoms with Crippen LogP contribution < -0.4 is 10.2 Å². The first kappa shape index (κ1) is 21.2. The van der Waals surface area contributed by atoms with E-state index < -0.39 is 5.92 Å². The Labute approximate surface area is 185 Å². The maximum absolute atomic E-state index is 13.1. The van der Waals surface area contributed by atoms with Gasteiger partial charge in [-0.15, -0.1) is 11.3 Å². The molecule has 1 aromatic carbocycles. The predicted octanol–water partition coefficient (Wildman–Crippen LogP) is 4.15. The van der Waals surface area contributed by atoms with E-state index in [-0.39, 0.29) is 36.2 Å². The molecule has 31 heavy (non-hydrogen) atoms. The standard InChI is InChI=1S/C23H26N4O3S/c1-14-7-9-15(10-8-14)27-19(28)12-16(20(27)17-6-5-11-31-17)21(29)24-13-18-25-22(30-26-18)23(2,3)4/h5-11,16,20H,12-13H2,1-4H3,(H,24,29). The number of hydrogen-bond donors (Lipinski definition) is 1. The fourth-order valence-corrected chi connectivity index (χ4v) is 4.57. The van der Waals surface area contributed by atoms with Crippen molar-refractivity contribution in [3.05, 3.63) is 63.9 Å². The number of aryl methyl sites for hydroxylation is 1. The smallest absolute Gasteiger partial charge is 0.232 e. The summed E-state index contributed by atoms with van der Waals surface area (Å²) in [6.07, 6.45) is 0.155. The van der Waals surface area contributed by atoms with Gasteiger partial charge in [-0.1, -0.05) is 49.7 Å². The van der Waals surface area contributed by atoms with E-state index in [0.29, 0.717) is 11.7 Å². The van der Waals surface area contributed by atoms with Gasteiger partial charge in [0.1, 0.15) is 0 Å². The monoisotopic (exact) mass is 438 g/mol. The number of hydrogen-bond acceptors (Lipinski definition) is 6. The summed E-state index contributed by atoms with van der Waals surface area (Å²) in [5.41, 5.74) is 1.66. The molecule has 2 atom stereocenters. The first-order valence-electron chi connectivity index (χ1n) is 10.3. The highest BCUT2D eigenvalue weighted by molar-refractivity contribution is 7.10. The lowest BCUT2D eigenvalue weighted by atomic mass is 9.97. The molecule has 8 heteroatoms. The van der Waals surface area contributed by atoms with Crippen molar-refractivity contribution >= 4 is 28.8 Å². The van der Waals surface area contributed by atoms with Gasteiger partial charge in [-0.25, -0.2) is 0 Å². The van der Waals surface area contributed by atoms with Crippen LogP contribution in [0.1, 0.15) is 55.4 Å². The van der Waals surface area contributed by atoms with Gasteiger partial charge in [0.05, 0.1) is 18.5 Å². The Balaban J connectivity index is 1.55. The average molecular weight is 439 g/mol. The quantitative estimate of drug-likeness (QED) is 0.647. The summed E-state index contributed by atoms with van der Waals surface area (Å²) >= 11 is 1.55. The molecule has 0 aliphatic carbocycles. The van der Waals surface area contributed by atoms with E-state index in [0.717, 1.165) is 16.1 Å². The van der Waals surface area contributed by atoms with E-state index in [2.05, 4.69) is 15.5 Å². The Kier molecular flexibility index (Phi) is 5.66. The third-order valence-electron chi connectivity index (χ3n) is 5.34. The minimum Gasteiger partial charge on any atom is -0.348 e. The molecule has 0 radical (unpaired) electrons. The van der Waals surface area contributed by atoms with Crippen LogP contribution in [-0.2, 0) is 21.5 Å². The lowest BCUT2D eigenvalue weighted by Gasteiger charge is -2.27. The molecule has 1 saturated heterocycles. The predicted molar refractivity (Wildman–Crippen MR) is 119 cm³/mol. The van der Waals surface area contributed by atoms with Gasteiger partial charge in [-0.3, -0.25) is 9.59 Å². The van der Waals surface area contributed by atoms with Crippen molar-refractivity contribution < 1.29 is 14.1 Å². The molecular weight excluding hydrogens is 412 g/mol. The average Bonchev–Trinajstić information content (AvgIpc) is 3.46. The van der Waals surface area contributed by atoms with E-state index in [9.17, 15) is 9.59 Å². The van der Waals surface area contributed by atoms with Gasteiger partial charge in [-0.2, -0.15) is 4.98 Å². The number of carbonyl (C=O) groups excluding carboxylic acids is 2. The lowest BCUT2D eigenvalue weighted by molar-refractivity contribution is -0.127. The first-order valence-corrected chi connectivity index (χ1v) is 11.1. The molecule has 162 valence electrons. The Morgan fingerprint density at radius 3 is 2.61 bits per heavy atom. The molecular formula is C23H26N4O3S. The second kappa shape index (κ2) is 8.26. The fraction of sp³-hybridized carbons (Fsp3) is 0.391. The molecule has 2 amide bonds. The molecule has 1 fully saturated rings. The molecule has 0 bridgehead atoms. The minimum atomic E-state index is -0.499. The molecule has 1 aliphatic heterocycles. The molecule has 1 aliphatic rings. The summed E-state index contributed by atoms with van der Waals surface area (Å²) in [7, 11) is 0. The number of amides is 2. The van der Waals surface area contributed by atoms with Gasteiger partial charge in [0.2, 0.25) is 17.7 Å². The van der Waals surface area contributed by atoms with Crippen LogP contribution in [0.2, 0.25) is 0 Å². The van der Waals surface area contributed by atoms with Crippen molar-refractivity contribution in [2.45, 2.75) is 52.1 Å². The zero-order chi connectivity index (χ0) is 22.2. The highest BCUT2D eigenvalue weighted by atomic mass is 32.1. The summed E-state index contributed by atoms with van der Waals surface area (Å²) in [6.45, 7) is 8.12. The van der Waals surface area contributed by atoms with Gasteiger partial charge in [0.25, 0.3) is 0 Å². The Morgan fingerprint density at radius 2 is 2.00 bits per heavy atom. The highest BCUT2D eigenvalue weighted by Gasteiger charge is 2.45. The third kappa shape index (κ3) is 4.39. The van der Waals surface area contributed by atoms with E-state index in [1.54, 1.807) is 16.2 Å². The lowest BCUT2D eigenvalue weighted by Crippen LogP contribution is -2.35. The summed E-state index contributed by atoms with van der Waals surface area (Å²) in [6, 6.07) is 11.4. The topological polar surface area (TPSA) is 88.3 Å². The minimum absolute atomic E-state index is 0.0583. The maximum Gasteiger partial charge on any atom is 0.232 e. The summed E-state index contributed by atoms with van der Waals surface area (Å²) < 4.78 is 5.30. The Hall–Kier alpha value is -3.00. The second-order valence-corrected chi connectivity index (χ2v) is 9.83. The second-order valence-electron chi connectivity index (χ2n) is 8.85. The number of carbonyl (C=O) groups is 2. The van der Waals surface area contributed by atoms with Crippen molar-refractivity contribution in [2.75, 3.05) is 4.90 Å². The molecule has 3 heterocycles. The summed E-state index contributed by atoms with van der Waals surface area (Å²) in [4.78, 5) is 33.2. The van der Waals surface area contributed by atoms with Crippen molar-refractivity contribution in [3.63, 3.8) is 0 Å². The number of anilines is 1. The number of nitrogens with one attached hydrogen (secondary N) is 1. The van der Waals surface area contributed by atoms with Crippen LogP contribution in [0.4, 0.5) is 5.69 Å². The number of thiophene rings is 1. The van der Waals surface area contributed by atoms with Crippen molar-refractivity contribution in [3.8, 4) is 0 Å². The van der Waals surface area contributed by atoms with Gasteiger partial charge < -0.3 is 14.7 Å². The number of aromatic nitrogens is 2. The molecule has 1 N–H and O–H groups in total. The molecule has 2 aromatic heterocycles. The molecule has 2 unspecified atom stereocenters. The largest absolute Gasteiger partial charge is 0.348 e. The van der Waals surface area contributed by atoms with Crippen LogP contribution in [0.25, 0.3) is 0 Å². The maximum atomic E-state index is 13.1. The van der Waals surface area contributed by atoms with Gasteiger partial charge in [0, 0.05) is 22.4 Å². The summed E-state index contributed by atoms with van der Waals surface area (Å²) in [5.74, 6) is 0.197. The first-order chi connectivity index (χ1) is 14.7. The van der Waals surface area contributed by atoms with Gasteiger partial charge in [-0.05, 0) is 30.5 Å². The molecule has 0 spiro atoms. The number of benzene rings is 1. The van der Waals surface area contributed by atoms with Gasteiger partial charge >= 0.3 is 0 Å². The zero-order valence-corrected chi connectivity index (χ0v) is 18.9. The normalized spacial score (nSPS) is 19.1. The molecule has 3 aromatic rings. The van der Waals surface area contributed by atoms with E-state index in [1.807, 2.05) is 69.5 Å². The number of rotatable bonds is 5. The zero-order valence-electron chi connectivity index (χ0n) is 18.1. The van der Waals surface area contributed by atoms with Crippen molar-refractivity contribution in [1.82, 2.24) is 15.5 Å². The van der Waals surface area contributed by atoms with E-state index in [4.69, 9.17) is 4.52 Å². The third-order valence-corrected chi connectivity index (χ3v) is 6.28. The SMILES string of the molecule is Cc1ccc(N2C(=O)CC(C(=O)NCc3noc(C(C)(C)C)n3)C2c2cccs2)cc1. The molecule has 0 saturated carbocycles. The van der Waals surface area contributed by atoms with Crippen LogP contribution in [0.5, 0.6) is 0 Å². The van der Waals surface area contributed by atoms with E-state index >= 15 is 0 Å². The highest BCUT2D eigenvalue weighted by Crippen LogP contribution is 2.43. The molecule has 4 rings (SSSR count). The van der Waals surface area contributed by atoms with Crippen molar-refractivity contribution in [1.29, 1.82) is 0 Å². The van der Waals surface area contributed by atoms with Crippen LogP contribution >= 0.6 is 11.3 Å². The van der Waals surface area contributed by atoms with E-state index in [1.165, 1.54) is 0 Å². The number of nitrogens with zero attached hydrogens (tertiary/aromatic N) is 3. The Morgan fingerprint density at radius 1 is 1.26 bits per heavy atom. The summed E-state index contributed by atoms with van der Waals surface area (Å²) in [5, 5.41) is 8.83. The van der Waals surface area contributed by atoms with Gasteiger partial charge in [0.15, 0.2) is 5.82 Å². The van der Waals surface area contributed by atoms with Crippen LogP contribution in [-0.4, -0.2) is 22.0 Å².